The smallest absolute Gasteiger partial charge is 0.257 e. The number of furan rings is 1. The summed E-state index contributed by atoms with van der Waals surface area (Å²) in [7, 11) is 0. The molecule has 6 nitrogen and oxygen atoms in total. The number of hydrogen-bond acceptors (Lipinski definition) is 6. The van der Waals surface area contributed by atoms with Crippen molar-refractivity contribution in [1.29, 1.82) is 0 Å². The van der Waals surface area contributed by atoms with Gasteiger partial charge in [0.15, 0.2) is 5.58 Å². The number of oxazole rings is 1. The van der Waals surface area contributed by atoms with Crippen molar-refractivity contribution in [2.45, 2.75) is 12.1 Å². The van der Waals surface area contributed by atoms with E-state index in [2.05, 4.69) is 15.5 Å². The molecule has 0 saturated carbocycles. The lowest BCUT2D eigenvalue weighted by atomic mass is 10.3. The quantitative estimate of drug-likeness (QED) is 0.420. The Balaban J connectivity index is 1.48. The van der Waals surface area contributed by atoms with Crippen molar-refractivity contribution in [3.05, 3.63) is 54.0 Å². The van der Waals surface area contributed by atoms with Crippen LogP contribution in [-0.4, -0.2) is 22.9 Å². The molecule has 0 aliphatic rings. The maximum Gasteiger partial charge on any atom is 0.257 e. The van der Waals surface area contributed by atoms with Crippen molar-refractivity contribution >= 4 is 41.1 Å². The number of benzene rings is 1. The summed E-state index contributed by atoms with van der Waals surface area (Å²) in [6.07, 6.45) is 4.98. The van der Waals surface area contributed by atoms with E-state index in [-0.39, 0.29) is 11.7 Å². The lowest BCUT2D eigenvalue weighted by Crippen LogP contribution is -2.19. The van der Waals surface area contributed by atoms with Crippen LogP contribution in [0.1, 0.15) is 12.7 Å². The summed E-state index contributed by atoms with van der Waals surface area (Å²) in [4.78, 5) is 16.1. The number of thioether (sulfide) groups is 1. The molecule has 0 aliphatic heterocycles. The molecule has 24 heavy (non-hydrogen) atoms. The molecule has 2 aromatic heterocycles. The van der Waals surface area contributed by atoms with Crippen molar-refractivity contribution < 1.29 is 13.6 Å². The summed E-state index contributed by atoms with van der Waals surface area (Å²) >= 11 is 1.22. The molecule has 0 saturated heterocycles. The maximum absolute atomic E-state index is 11.8. The van der Waals surface area contributed by atoms with Crippen LogP contribution in [0.15, 0.2) is 67.4 Å². The van der Waals surface area contributed by atoms with Gasteiger partial charge in [-0.05, 0) is 42.8 Å². The van der Waals surface area contributed by atoms with Gasteiger partial charge in [0.05, 0.1) is 18.2 Å². The minimum absolute atomic E-state index is 0.172. The van der Waals surface area contributed by atoms with E-state index in [1.54, 1.807) is 18.5 Å². The maximum atomic E-state index is 11.8. The van der Waals surface area contributed by atoms with Crippen LogP contribution in [0.4, 0.5) is 0 Å². The molecule has 0 bridgehead atoms. The number of nitrogens with zero attached hydrogens (tertiary/aromatic N) is 2. The van der Waals surface area contributed by atoms with Crippen molar-refractivity contribution in [3.8, 4) is 0 Å². The fraction of sp³-hybridized carbons (Fsp3) is 0.118. The fourth-order valence-corrected chi connectivity index (χ4v) is 2.54. The first-order valence-electron chi connectivity index (χ1n) is 7.23. The molecular formula is C17H15N3O3S. The number of carbonyl (C=O) groups is 1. The first-order valence-corrected chi connectivity index (χ1v) is 8.21. The predicted molar refractivity (Wildman–Crippen MR) is 93.7 cm³/mol. The van der Waals surface area contributed by atoms with Gasteiger partial charge in [-0.2, -0.15) is 5.10 Å². The standard InChI is InChI=1S/C17H15N3O3S/c1-12(9-13-5-4-8-22-13)10-18-20-16(21)11-24-17-19-14-6-2-3-7-15(14)23-17/h2-10H,11H2,1H3,(H,20,21)/b12-9+,18-10-. The first-order chi connectivity index (χ1) is 11.7. The average Bonchev–Trinajstić information content (AvgIpc) is 3.21. The fourth-order valence-electron chi connectivity index (χ4n) is 1.91. The summed E-state index contributed by atoms with van der Waals surface area (Å²) in [6.45, 7) is 1.87. The minimum Gasteiger partial charge on any atom is -0.465 e. The third kappa shape index (κ3) is 4.36. The number of hydrazone groups is 1. The molecule has 0 unspecified atom stereocenters. The zero-order chi connectivity index (χ0) is 16.8. The molecule has 7 heteroatoms. The summed E-state index contributed by atoms with van der Waals surface area (Å²) in [5.74, 6) is 0.673. The molecule has 0 aliphatic carbocycles. The molecule has 1 aromatic carbocycles. The number of allylic oxidation sites excluding steroid dienone is 1. The topological polar surface area (TPSA) is 80.6 Å². The summed E-state index contributed by atoms with van der Waals surface area (Å²) in [6, 6.07) is 11.1. The van der Waals surface area contributed by atoms with Gasteiger partial charge in [0.25, 0.3) is 11.1 Å². The van der Waals surface area contributed by atoms with Gasteiger partial charge in [-0.3, -0.25) is 4.79 Å². The Morgan fingerprint density at radius 3 is 3.00 bits per heavy atom. The van der Waals surface area contributed by atoms with Gasteiger partial charge < -0.3 is 8.83 Å². The molecule has 1 N–H and O–H groups in total. The Kier molecular flexibility index (Phi) is 5.12. The second kappa shape index (κ2) is 7.65. The third-order valence-corrected chi connectivity index (χ3v) is 3.80. The number of fused-ring (bicyclic) bond motifs is 1. The van der Waals surface area contributed by atoms with Crippen LogP contribution in [-0.2, 0) is 4.79 Å². The Morgan fingerprint density at radius 2 is 2.21 bits per heavy atom. The van der Waals surface area contributed by atoms with Crippen LogP contribution in [0.25, 0.3) is 17.2 Å². The van der Waals surface area contributed by atoms with Crippen molar-refractivity contribution in [1.82, 2.24) is 10.4 Å². The van der Waals surface area contributed by atoms with E-state index < -0.39 is 0 Å². The SMILES string of the molecule is CC(/C=N\NC(=O)CSc1nc2ccccc2o1)=C\c1ccco1. The van der Waals surface area contributed by atoms with Gasteiger partial charge in [0.1, 0.15) is 11.3 Å². The normalized spacial score (nSPS) is 12.1. The number of aromatic nitrogens is 1. The third-order valence-electron chi connectivity index (χ3n) is 2.97. The van der Waals surface area contributed by atoms with Gasteiger partial charge in [0.2, 0.25) is 0 Å². The van der Waals surface area contributed by atoms with Gasteiger partial charge in [0, 0.05) is 0 Å². The van der Waals surface area contributed by atoms with E-state index in [1.165, 1.54) is 11.8 Å². The van der Waals surface area contributed by atoms with Crippen LogP contribution in [0.2, 0.25) is 0 Å². The highest BCUT2D eigenvalue weighted by Gasteiger charge is 2.08. The Morgan fingerprint density at radius 1 is 1.33 bits per heavy atom. The van der Waals surface area contributed by atoms with E-state index >= 15 is 0 Å². The van der Waals surface area contributed by atoms with E-state index in [0.717, 1.165) is 16.9 Å². The number of hydrogen-bond donors (Lipinski definition) is 1. The average molecular weight is 341 g/mol. The number of para-hydroxylation sites is 2. The monoisotopic (exact) mass is 341 g/mol. The van der Waals surface area contributed by atoms with E-state index in [0.29, 0.717) is 10.8 Å². The second-order valence-electron chi connectivity index (χ2n) is 4.93. The molecule has 0 fully saturated rings. The largest absolute Gasteiger partial charge is 0.465 e. The van der Waals surface area contributed by atoms with Gasteiger partial charge in [-0.15, -0.1) is 0 Å². The first kappa shape index (κ1) is 16.1. The van der Waals surface area contributed by atoms with Crippen LogP contribution >= 0.6 is 11.8 Å². The molecule has 0 radical (unpaired) electrons. The highest BCUT2D eigenvalue weighted by molar-refractivity contribution is 7.99. The van der Waals surface area contributed by atoms with E-state index in [1.807, 2.05) is 43.3 Å². The van der Waals surface area contributed by atoms with Crippen LogP contribution in [0.3, 0.4) is 0 Å². The second-order valence-corrected chi connectivity index (χ2v) is 5.86. The molecule has 2 heterocycles. The lowest BCUT2D eigenvalue weighted by molar-refractivity contribution is -0.118. The number of nitrogens with one attached hydrogen (secondary N) is 1. The Labute approximate surface area is 142 Å². The number of amides is 1. The Hall–Kier alpha value is -2.80. The number of carbonyl (C=O) groups excluding carboxylic acids is 1. The number of rotatable bonds is 6. The Bertz CT molecular complexity index is 849. The summed E-state index contributed by atoms with van der Waals surface area (Å²) < 4.78 is 10.7. The predicted octanol–water partition coefficient (Wildman–Crippen LogP) is 3.72. The molecular weight excluding hydrogens is 326 g/mol. The van der Waals surface area contributed by atoms with E-state index in [4.69, 9.17) is 8.83 Å². The van der Waals surface area contributed by atoms with Gasteiger partial charge >= 0.3 is 0 Å². The molecule has 122 valence electrons. The van der Waals surface area contributed by atoms with Gasteiger partial charge in [-0.1, -0.05) is 23.9 Å². The highest BCUT2D eigenvalue weighted by atomic mass is 32.2. The lowest BCUT2D eigenvalue weighted by Gasteiger charge is -1.97. The van der Waals surface area contributed by atoms with Crippen LogP contribution < -0.4 is 5.43 Å². The minimum atomic E-state index is -0.232. The molecule has 0 atom stereocenters. The summed E-state index contributed by atoms with van der Waals surface area (Å²) in [5, 5.41) is 4.37. The van der Waals surface area contributed by atoms with Crippen LogP contribution in [0, 0.1) is 0 Å². The molecule has 3 rings (SSSR count). The zero-order valence-corrected chi connectivity index (χ0v) is 13.7. The molecule has 1 amide bonds. The highest BCUT2D eigenvalue weighted by Crippen LogP contribution is 2.22. The van der Waals surface area contributed by atoms with Crippen molar-refractivity contribution in [2.75, 3.05) is 5.75 Å². The van der Waals surface area contributed by atoms with Crippen LogP contribution in [0.5, 0.6) is 0 Å². The summed E-state index contributed by atoms with van der Waals surface area (Å²) in [5.41, 5.74) is 4.80. The van der Waals surface area contributed by atoms with Crippen molar-refractivity contribution in [3.63, 3.8) is 0 Å². The molecule has 3 aromatic rings. The van der Waals surface area contributed by atoms with E-state index in [9.17, 15) is 4.79 Å². The van der Waals surface area contributed by atoms with Gasteiger partial charge in [-0.25, -0.2) is 10.4 Å². The molecule has 0 spiro atoms. The zero-order valence-electron chi connectivity index (χ0n) is 12.9. The van der Waals surface area contributed by atoms with Crippen molar-refractivity contribution in [2.24, 2.45) is 5.10 Å².